The van der Waals surface area contributed by atoms with Gasteiger partial charge < -0.3 is 11.1 Å². The van der Waals surface area contributed by atoms with Crippen LogP contribution in [0.4, 0.5) is 11.4 Å². The third-order valence-electron chi connectivity index (χ3n) is 3.70. The van der Waals surface area contributed by atoms with Crippen molar-refractivity contribution < 1.29 is 18.0 Å². The Labute approximate surface area is 146 Å². The summed E-state index contributed by atoms with van der Waals surface area (Å²) in [6.07, 6.45) is 0. The first kappa shape index (κ1) is 18.5. The van der Waals surface area contributed by atoms with E-state index < -0.39 is 15.9 Å². The van der Waals surface area contributed by atoms with E-state index in [1.807, 2.05) is 0 Å². The van der Waals surface area contributed by atoms with Crippen LogP contribution in [0.25, 0.3) is 0 Å². The first-order valence-electron chi connectivity index (χ1n) is 7.52. The van der Waals surface area contributed by atoms with E-state index in [2.05, 4.69) is 5.32 Å². The molecule has 7 nitrogen and oxygen atoms in total. The molecule has 3 N–H and O–H groups in total. The van der Waals surface area contributed by atoms with Gasteiger partial charge >= 0.3 is 0 Å². The molecule has 0 atom stereocenters. The molecule has 2 amide bonds. The van der Waals surface area contributed by atoms with Crippen molar-refractivity contribution in [3.05, 3.63) is 59.7 Å². The average molecular weight is 361 g/mol. The number of sulfonamides is 1. The van der Waals surface area contributed by atoms with Crippen molar-refractivity contribution in [3.8, 4) is 0 Å². The molecule has 8 heteroatoms. The molecule has 0 bridgehead atoms. The molecular weight excluding hydrogens is 342 g/mol. The van der Waals surface area contributed by atoms with Gasteiger partial charge in [-0.3, -0.25) is 13.9 Å². The molecule has 0 fully saturated rings. The maximum Gasteiger partial charge on any atom is 0.255 e. The minimum Gasteiger partial charge on any atom is -0.366 e. The summed E-state index contributed by atoms with van der Waals surface area (Å²) in [7, 11) is -1.88. The molecule has 132 valence electrons. The minimum atomic E-state index is -3.35. The van der Waals surface area contributed by atoms with Crippen LogP contribution in [-0.2, 0) is 10.0 Å². The summed E-state index contributed by atoms with van der Waals surface area (Å²) < 4.78 is 24.9. The Kier molecular flexibility index (Phi) is 5.43. The minimum absolute atomic E-state index is 0.00691. The highest BCUT2D eigenvalue weighted by Gasteiger charge is 2.16. The van der Waals surface area contributed by atoms with E-state index in [1.54, 1.807) is 43.3 Å². The van der Waals surface area contributed by atoms with Crippen LogP contribution in [0.2, 0.25) is 0 Å². The van der Waals surface area contributed by atoms with Crippen LogP contribution in [0, 0.1) is 0 Å². The summed E-state index contributed by atoms with van der Waals surface area (Å²) in [6.45, 7) is 1.57. The second kappa shape index (κ2) is 7.35. The summed E-state index contributed by atoms with van der Waals surface area (Å²) in [6, 6.07) is 12.4. The number of carbonyl (C=O) groups excluding carboxylic acids is 2. The molecule has 0 heterocycles. The lowest BCUT2D eigenvalue weighted by Gasteiger charge is -2.18. The first-order valence-corrected chi connectivity index (χ1v) is 9.13. The summed E-state index contributed by atoms with van der Waals surface area (Å²) >= 11 is 0. The maximum absolute atomic E-state index is 12.2. The summed E-state index contributed by atoms with van der Waals surface area (Å²) in [5, 5.41) is 2.69. The van der Waals surface area contributed by atoms with E-state index in [0.29, 0.717) is 22.5 Å². The van der Waals surface area contributed by atoms with Gasteiger partial charge in [0.15, 0.2) is 0 Å². The zero-order valence-corrected chi connectivity index (χ0v) is 14.7. The van der Waals surface area contributed by atoms with Gasteiger partial charge in [0.25, 0.3) is 5.91 Å². The van der Waals surface area contributed by atoms with Gasteiger partial charge in [0, 0.05) is 23.9 Å². The first-order chi connectivity index (χ1) is 11.7. The zero-order valence-electron chi connectivity index (χ0n) is 13.9. The topological polar surface area (TPSA) is 110 Å². The number of anilines is 2. The fourth-order valence-corrected chi connectivity index (χ4v) is 2.93. The van der Waals surface area contributed by atoms with Crippen LogP contribution in [-0.4, -0.2) is 33.0 Å². The normalized spacial score (nSPS) is 11.0. The van der Waals surface area contributed by atoms with Crippen molar-refractivity contribution in [1.82, 2.24) is 0 Å². The van der Waals surface area contributed by atoms with E-state index in [1.165, 1.54) is 23.5 Å². The Hall–Kier alpha value is -2.87. The van der Waals surface area contributed by atoms with Gasteiger partial charge in [-0.2, -0.15) is 0 Å². The lowest BCUT2D eigenvalue weighted by Crippen LogP contribution is -2.28. The largest absolute Gasteiger partial charge is 0.366 e. The van der Waals surface area contributed by atoms with Crippen molar-refractivity contribution >= 4 is 33.2 Å². The van der Waals surface area contributed by atoms with Crippen LogP contribution < -0.4 is 15.4 Å². The third-order valence-corrected chi connectivity index (χ3v) is 5.48. The second-order valence-electron chi connectivity index (χ2n) is 5.31. The quantitative estimate of drug-likeness (QED) is 0.818. The van der Waals surface area contributed by atoms with Crippen LogP contribution in [0.15, 0.2) is 48.5 Å². The fourth-order valence-electron chi connectivity index (χ4n) is 2.10. The number of carbonyl (C=O) groups is 2. The third kappa shape index (κ3) is 4.36. The summed E-state index contributed by atoms with van der Waals surface area (Å²) in [5.41, 5.74) is 6.89. The number of rotatable bonds is 6. The Morgan fingerprint density at radius 2 is 1.52 bits per heavy atom. The molecule has 2 aromatic rings. The molecule has 0 unspecified atom stereocenters. The van der Waals surface area contributed by atoms with Gasteiger partial charge in [-0.25, -0.2) is 8.42 Å². The molecule has 25 heavy (non-hydrogen) atoms. The standard InChI is InChI=1S/C17H19N3O4S/c1-3-25(23,24)20(2)15-10-6-13(7-11-15)17(22)19-14-8-4-12(5-9-14)16(18)21/h4-11H,3H2,1-2H3,(H2,18,21)(H,19,22). The molecule has 0 aliphatic carbocycles. The van der Waals surface area contributed by atoms with Gasteiger partial charge in [0.1, 0.15) is 0 Å². The van der Waals surface area contributed by atoms with E-state index in [0.717, 1.165) is 0 Å². The molecule has 0 saturated heterocycles. The lowest BCUT2D eigenvalue weighted by molar-refractivity contribution is 0.0998. The second-order valence-corrected chi connectivity index (χ2v) is 7.60. The van der Waals surface area contributed by atoms with Crippen LogP contribution in [0.1, 0.15) is 27.6 Å². The lowest BCUT2D eigenvalue weighted by atomic mass is 10.1. The number of amides is 2. The molecule has 0 aromatic heterocycles. The Morgan fingerprint density at radius 1 is 1.00 bits per heavy atom. The zero-order chi connectivity index (χ0) is 18.6. The average Bonchev–Trinajstić information content (AvgIpc) is 2.61. The molecule has 2 aromatic carbocycles. The number of hydrogen-bond donors (Lipinski definition) is 2. The van der Waals surface area contributed by atoms with Crippen LogP contribution in [0.5, 0.6) is 0 Å². The van der Waals surface area contributed by atoms with E-state index in [-0.39, 0.29) is 11.7 Å². The number of nitrogens with zero attached hydrogens (tertiary/aromatic N) is 1. The molecular formula is C17H19N3O4S. The van der Waals surface area contributed by atoms with Gasteiger partial charge in [0.05, 0.1) is 11.4 Å². The number of nitrogens with one attached hydrogen (secondary N) is 1. The molecule has 2 rings (SSSR count). The Bertz CT molecular complexity index is 875. The Morgan fingerprint density at radius 3 is 2.00 bits per heavy atom. The Balaban J connectivity index is 2.11. The summed E-state index contributed by atoms with van der Waals surface area (Å²) in [4.78, 5) is 23.3. The smallest absolute Gasteiger partial charge is 0.255 e. The van der Waals surface area contributed by atoms with Crippen molar-refractivity contribution in [1.29, 1.82) is 0 Å². The number of hydrogen-bond acceptors (Lipinski definition) is 4. The maximum atomic E-state index is 12.2. The number of benzene rings is 2. The predicted octanol–water partition coefficient (Wildman–Crippen LogP) is 1.82. The van der Waals surface area contributed by atoms with Gasteiger partial charge in [-0.1, -0.05) is 0 Å². The van der Waals surface area contributed by atoms with Crippen molar-refractivity contribution in [2.24, 2.45) is 5.73 Å². The van der Waals surface area contributed by atoms with E-state index in [9.17, 15) is 18.0 Å². The molecule has 0 aliphatic rings. The highest BCUT2D eigenvalue weighted by Crippen LogP contribution is 2.18. The van der Waals surface area contributed by atoms with Gasteiger partial charge in [-0.05, 0) is 55.5 Å². The highest BCUT2D eigenvalue weighted by atomic mass is 32.2. The molecule has 0 spiro atoms. The molecule has 0 saturated carbocycles. The highest BCUT2D eigenvalue weighted by molar-refractivity contribution is 7.92. The van der Waals surface area contributed by atoms with Gasteiger partial charge in [0.2, 0.25) is 15.9 Å². The van der Waals surface area contributed by atoms with Gasteiger partial charge in [-0.15, -0.1) is 0 Å². The van der Waals surface area contributed by atoms with Crippen molar-refractivity contribution in [2.75, 3.05) is 22.4 Å². The monoisotopic (exact) mass is 361 g/mol. The predicted molar refractivity (Wildman–Crippen MR) is 97.2 cm³/mol. The fraction of sp³-hybridized carbons (Fsp3) is 0.176. The van der Waals surface area contributed by atoms with Crippen LogP contribution in [0.3, 0.4) is 0 Å². The van der Waals surface area contributed by atoms with Crippen molar-refractivity contribution in [3.63, 3.8) is 0 Å². The molecule has 0 radical (unpaired) electrons. The SMILES string of the molecule is CCS(=O)(=O)N(C)c1ccc(C(=O)Nc2ccc(C(N)=O)cc2)cc1. The summed E-state index contributed by atoms with van der Waals surface area (Å²) in [5.74, 6) is -0.897. The van der Waals surface area contributed by atoms with Crippen molar-refractivity contribution in [2.45, 2.75) is 6.92 Å². The number of nitrogens with two attached hydrogens (primary N) is 1. The van der Waals surface area contributed by atoms with E-state index in [4.69, 9.17) is 5.73 Å². The number of primary amides is 1. The molecule has 0 aliphatic heterocycles. The van der Waals surface area contributed by atoms with E-state index >= 15 is 0 Å². The van der Waals surface area contributed by atoms with Crippen LogP contribution >= 0.6 is 0 Å².